The van der Waals surface area contributed by atoms with Crippen LogP contribution in [0.25, 0.3) is 0 Å². The van der Waals surface area contributed by atoms with Crippen molar-refractivity contribution in [1.29, 1.82) is 0 Å². The van der Waals surface area contributed by atoms with E-state index in [1.807, 2.05) is 0 Å². The van der Waals surface area contributed by atoms with Crippen LogP contribution in [0.2, 0.25) is 0 Å². The molecule has 0 radical (unpaired) electrons. The van der Waals surface area contributed by atoms with Crippen LogP contribution < -0.4 is 0 Å². The normalized spacial score (nSPS) is 12.3. The first-order valence-corrected chi connectivity index (χ1v) is 6.74. The van der Waals surface area contributed by atoms with Gasteiger partial charge in [-0.2, -0.15) is 13.2 Å². The largest absolute Gasteiger partial charge is 0.478 e. The fraction of sp³-hybridized carbons (Fsp3) is 0.538. The molecule has 0 saturated carbocycles. The molecule has 0 saturated heterocycles. The Hall–Kier alpha value is -1.44. The fourth-order valence-electron chi connectivity index (χ4n) is 2.10. The van der Waals surface area contributed by atoms with Gasteiger partial charge in [-0.25, -0.2) is 18.6 Å². The van der Waals surface area contributed by atoms with Crippen molar-refractivity contribution in [3.05, 3.63) is 28.1 Å². The van der Waals surface area contributed by atoms with E-state index in [-0.39, 0.29) is 17.9 Å². The van der Waals surface area contributed by atoms with Crippen LogP contribution >= 0.6 is 11.6 Å². The van der Waals surface area contributed by atoms with Gasteiger partial charge in [0.15, 0.2) is 0 Å². The van der Waals surface area contributed by atoms with E-state index in [0.717, 1.165) is 0 Å². The second-order valence-corrected chi connectivity index (χ2v) is 5.28. The van der Waals surface area contributed by atoms with Crippen molar-refractivity contribution in [2.45, 2.75) is 38.8 Å². The molecule has 0 amide bonds. The van der Waals surface area contributed by atoms with Gasteiger partial charge in [-0.05, 0) is 17.9 Å². The molecule has 1 aromatic heterocycles. The van der Waals surface area contributed by atoms with Crippen LogP contribution in [0.1, 0.15) is 53.1 Å². The van der Waals surface area contributed by atoms with Gasteiger partial charge in [-0.1, -0.05) is 13.8 Å². The maximum Gasteiger partial charge on any atom is 0.433 e. The summed E-state index contributed by atoms with van der Waals surface area (Å²) >= 11 is 5.51. The van der Waals surface area contributed by atoms with Crippen molar-refractivity contribution >= 4 is 17.6 Å². The summed E-state index contributed by atoms with van der Waals surface area (Å²) in [6, 6.07) is 0. The number of pyridine rings is 1. The molecule has 124 valence electrons. The highest BCUT2D eigenvalue weighted by Gasteiger charge is 2.40. The summed E-state index contributed by atoms with van der Waals surface area (Å²) in [6.45, 7) is 3.25. The van der Waals surface area contributed by atoms with E-state index in [0.29, 0.717) is 0 Å². The van der Waals surface area contributed by atoms with Gasteiger partial charge in [-0.15, -0.1) is 11.6 Å². The number of carboxylic acids is 1. The molecule has 0 bridgehead atoms. The van der Waals surface area contributed by atoms with E-state index >= 15 is 0 Å². The van der Waals surface area contributed by atoms with Crippen LogP contribution in [-0.4, -0.2) is 16.1 Å². The number of halogens is 6. The Morgan fingerprint density at radius 2 is 1.82 bits per heavy atom. The fourth-order valence-corrected chi connectivity index (χ4v) is 2.39. The summed E-state index contributed by atoms with van der Waals surface area (Å²) < 4.78 is 65.0. The number of carboxylic acid groups (broad SMARTS) is 1. The molecule has 0 aromatic carbocycles. The first-order chi connectivity index (χ1) is 10.0. The van der Waals surface area contributed by atoms with E-state index in [2.05, 4.69) is 4.98 Å². The van der Waals surface area contributed by atoms with Gasteiger partial charge in [0.2, 0.25) is 0 Å². The lowest BCUT2D eigenvalue weighted by atomic mass is 9.91. The molecule has 0 fully saturated rings. The zero-order valence-corrected chi connectivity index (χ0v) is 12.4. The van der Waals surface area contributed by atoms with Gasteiger partial charge in [0.1, 0.15) is 11.4 Å². The lowest BCUT2D eigenvalue weighted by Gasteiger charge is -2.20. The molecule has 0 aliphatic heterocycles. The van der Waals surface area contributed by atoms with Gasteiger partial charge in [0.05, 0.1) is 5.56 Å². The predicted molar refractivity (Wildman–Crippen MR) is 69.3 cm³/mol. The Morgan fingerprint density at radius 1 is 1.27 bits per heavy atom. The van der Waals surface area contributed by atoms with Gasteiger partial charge in [-0.3, -0.25) is 0 Å². The third-order valence-corrected chi connectivity index (χ3v) is 3.14. The Bertz CT molecular complexity index is 573. The molecular formula is C13H13ClF5NO2. The number of aromatic carboxylic acids is 1. The highest BCUT2D eigenvalue weighted by molar-refractivity contribution is 6.17. The van der Waals surface area contributed by atoms with Crippen molar-refractivity contribution in [1.82, 2.24) is 4.98 Å². The standard InChI is InChI=1S/C13H13ClF5NO2/c1-5(2)3-6-7(4-14)10(13(17,18)19)20-9(11(15)16)8(6)12(21)22/h5,11H,3-4H2,1-2H3,(H,21,22). The van der Waals surface area contributed by atoms with Crippen molar-refractivity contribution in [2.75, 3.05) is 0 Å². The highest BCUT2D eigenvalue weighted by atomic mass is 35.5. The number of nitrogens with zero attached hydrogens (tertiary/aromatic N) is 1. The number of hydrogen-bond donors (Lipinski definition) is 1. The molecular weight excluding hydrogens is 333 g/mol. The summed E-state index contributed by atoms with van der Waals surface area (Å²) in [6.07, 6.45) is -8.58. The minimum absolute atomic E-state index is 0.130. The third-order valence-electron chi connectivity index (χ3n) is 2.88. The second kappa shape index (κ2) is 6.76. The second-order valence-electron chi connectivity index (χ2n) is 5.01. The first-order valence-electron chi connectivity index (χ1n) is 6.20. The van der Waals surface area contributed by atoms with Crippen LogP contribution in [0.3, 0.4) is 0 Å². The summed E-state index contributed by atoms with van der Waals surface area (Å²) in [5.41, 5.74) is -4.74. The molecule has 1 aromatic rings. The molecule has 1 rings (SSSR count). The number of alkyl halides is 6. The van der Waals surface area contributed by atoms with Crippen molar-refractivity contribution in [3.63, 3.8) is 0 Å². The van der Waals surface area contributed by atoms with E-state index in [9.17, 15) is 26.7 Å². The lowest BCUT2D eigenvalue weighted by Crippen LogP contribution is -2.21. The third kappa shape index (κ3) is 3.85. The topological polar surface area (TPSA) is 50.2 Å². The number of rotatable bonds is 5. The van der Waals surface area contributed by atoms with Gasteiger partial charge in [0, 0.05) is 11.4 Å². The van der Waals surface area contributed by atoms with Crippen LogP contribution in [0.5, 0.6) is 0 Å². The van der Waals surface area contributed by atoms with Crippen LogP contribution in [0.15, 0.2) is 0 Å². The maximum absolute atomic E-state index is 13.0. The Balaban J connectivity index is 3.86. The Labute approximate surface area is 128 Å². The molecule has 0 aliphatic rings. The number of carbonyl (C=O) groups is 1. The average molecular weight is 346 g/mol. The first kappa shape index (κ1) is 18.6. The molecule has 9 heteroatoms. The number of aromatic nitrogens is 1. The predicted octanol–water partition coefficient (Wildman–Crippen LogP) is 4.67. The van der Waals surface area contributed by atoms with Gasteiger partial charge < -0.3 is 5.11 Å². The molecule has 0 aliphatic carbocycles. The Morgan fingerprint density at radius 3 is 2.14 bits per heavy atom. The van der Waals surface area contributed by atoms with Crippen LogP contribution in [-0.2, 0) is 18.5 Å². The quantitative estimate of drug-likeness (QED) is 0.623. The molecule has 1 N–H and O–H groups in total. The SMILES string of the molecule is CC(C)Cc1c(CCl)c(C(F)(F)F)nc(C(F)F)c1C(=O)O. The molecule has 0 unspecified atom stereocenters. The highest BCUT2D eigenvalue weighted by Crippen LogP contribution is 2.38. The minimum atomic E-state index is -5.00. The summed E-state index contributed by atoms with van der Waals surface area (Å²) in [4.78, 5) is 14.1. The Kier molecular flexibility index (Phi) is 5.72. The van der Waals surface area contributed by atoms with E-state index in [4.69, 9.17) is 16.7 Å². The van der Waals surface area contributed by atoms with E-state index in [1.54, 1.807) is 13.8 Å². The number of hydrogen-bond acceptors (Lipinski definition) is 2. The molecule has 0 spiro atoms. The summed E-state index contributed by atoms with van der Waals surface area (Å²) in [7, 11) is 0. The zero-order valence-electron chi connectivity index (χ0n) is 11.6. The zero-order chi connectivity index (χ0) is 17.2. The smallest absolute Gasteiger partial charge is 0.433 e. The molecule has 22 heavy (non-hydrogen) atoms. The summed E-state index contributed by atoms with van der Waals surface area (Å²) in [5, 5.41) is 9.12. The molecule has 1 heterocycles. The minimum Gasteiger partial charge on any atom is -0.478 e. The van der Waals surface area contributed by atoms with Crippen molar-refractivity contribution in [3.8, 4) is 0 Å². The van der Waals surface area contributed by atoms with E-state index in [1.165, 1.54) is 0 Å². The van der Waals surface area contributed by atoms with Crippen LogP contribution in [0, 0.1) is 5.92 Å². The van der Waals surface area contributed by atoms with Gasteiger partial charge in [0.25, 0.3) is 6.43 Å². The van der Waals surface area contributed by atoms with Crippen molar-refractivity contribution < 1.29 is 31.9 Å². The van der Waals surface area contributed by atoms with Crippen molar-refractivity contribution in [2.24, 2.45) is 5.92 Å². The molecule has 0 atom stereocenters. The summed E-state index contributed by atoms with van der Waals surface area (Å²) in [5.74, 6) is -2.68. The average Bonchev–Trinajstić information content (AvgIpc) is 2.34. The van der Waals surface area contributed by atoms with Gasteiger partial charge >= 0.3 is 12.1 Å². The van der Waals surface area contributed by atoms with Crippen LogP contribution in [0.4, 0.5) is 22.0 Å². The maximum atomic E-state index is 13.0. The lowest BCUT2D eigenvalue weighted by molar-refractivity contribution is -0.142. The molecule has 3 nitrogen and oxygen atoms in total. The monoisotopic (exact) mass is 345 g/mol. The van der Waals surface area contributed by atoms with E-state index < -0.39 is 47.0 Å².